The van der Waals surface area contributed by atoms with Crippen molar-refractivity contribution < 1.29 is 10.2 Å². The Labute approximate surface area is 209 Å². The molecule has 0 spiro atoms. The highest BCUT2D eigenvalue weighted by molar-refractivity contribution is 5.83. The fourth-order valence-corrected chi connectivity index (χ4v) is 4.88. The van der Waals surface area contributed by atoms with Crippen molar-refractivity contribution in [2.24, 2.45) is 0 Å². The smallest absolute Gasteiger partial charge is 0.124 e. The van der Waals surface area contributed by atoms with Gasteiger partial charge in [0.1, 0.15) is 11.5 Å². The van der Waals surface area contributed by atoms with Crippen LogP contribution in [-0.4, -0.2) is 10.2 Å². The molecular formula is C32H50O2. The van der Waals surface area contributed by atoms with Gasteiger partial charge in [0.25, 0.3) is 0 Å². The average Bonchev–Trinajstić information content (AvgIpc) is 2.73. The van der Waals surface area contributed by atoms with Gasteiger partial charge < -0.3 is 10.2 Å². The highest BCUT2D eigenvalue weighted by Gasteiger charge is 2.29. The van der Waals surface area contributed by atoms with Gasteiger partial charge >= 0.3 is 0 Å². The van der Waals surface area contributed by atoms with Crippen molar-refractivity contribution in [1.82, 2.24) is 0 Å². The average molecular weight is 467 g/mol. The molecule has 0 heterocycles. The summed E-state index contributed by atoms with van der Waals surface area (Å²) in [5, 5.41) is 22.7. The Morgan fingerprint density at radius 3 is 1.18 bits per heavy atom. The molecule has 0 saturated carbocycles. The van der Waals surface area contributed by atoms with Crippen LogP contribution in [0.15, 0.2) is 24.3 Å². The first kappa shape index (κ1) is 28.3. The molecule has 190 valence electrons. The Morgan fingerprint density at radius 1 is 0.529 bits per heavy atom. The summed E-state index contributed by atoms with van der Waals surface area (Å²) in [7, 11) is 0. The van der Waals surface area contributed by atoms with Crippen LogP contribution in [0.4, 0.5) is 0 Å². The van der Waals surface area contributed by atoms with E-state index >= 15 is 0 Å². The molecule has 34 heavy (non-hydrogen) atoms. The number of benzene rings is 2. The summed E-state index contributed by atoms with van der Waals surface area (Å²) >= 11 is 0. The number of aryl methyl sites for hydroxylation is 2. The second-order valence-corrected chi connectivity index (χ2v) is 12.2. The molecule has 0 amide bonds. The van der Waals surface area contributed by atoms with Crippen molar-refractivity contribution >= 4 is 0 Å². The Morgan fingerprint density at radius 2 is 0.882 bits per heavy atom. The highest BCUT2D eigenvalue weighted by Crippen LogP contribution is 2.48. The quantitative estimate of drug-likeness (QED) is 0.324. The molecule has 2 heteroatoms. The number of hydrogen-bond donors (Lipinski definition) is 2. The van der Waals surface area contributed by atoms with E-state index in [1.54, 1.807) is 0 Å². The maximum atomic E-state index is 11.4. The Balaban J connectivity index is 2.61. The second-order valence-electron chi connectivity index (χ2n) is 12.2. The van der Waals surface area contributed by atoms with E-state index in [1.165, 1.54) is 49.7 Å². The number of hydrogen-bond acceptors (Lipinski definition) is 2. The summed E-state index contributed by atoms with van der Waals surface area (Å²) in [4.78, 5) is 0. The lowest BCUT2D eigenvalue weighted by Gasteiger charge is -2.30. The molecule has 2 aromatic carbocycles. The lowest BCUT2D eigenvalue weighted by Crippen LogP contribution is -2.17. The Bertz CT molecular complexity index is 848. The van der Waals surface area contributed by atoms with Crippen molar-refractivity contribution in [3.8, 4) is 22.6 Å². The van der Waals surface area contributed by atoms with Crippen LogP contribution in [-0.2, 0) is 23.7 Å². The minimum atomic E-state index is -0.160. The zero-order valence-corrected chi connectivity index (χ0v) is 23.3. The van der Waals surface area contributed by atoms with E-state index in [-0.39, 0.29) is 22.3 Å². The minimum absolute atomic E-state index is 0.160. The lowest BCUT2D eigenvalue weighted by molar-refractivity contribution is 0.462. The SMILES string of the molecule is CCCCCCc1cc(O)c(-c2c(O)cc(CCCCCC)cc2C(C)(C)C)c(C(C)(C)C)c1. The van der Waals surface area contributed by atoms with E-state index in [0.29, 0.717) is 0 Å². The summed E-state index contributed by atoms with van der Waals surface area (Å²) < 4.78 is 0. The highest BCUT2D eigenvalue weighted by atomic mass is 16.3. The molecule has 0 aliphatic heterocycles. The largest absolute Gasteiger partial charge is 0.507 e. The molecule has 0 bridgehead atoms. The molecule has 2 rings (SSSR count). The Kier molecular flexibility index (Phi) is 10.1. The van der Waals surface area contributed by atoms with E-state index in [9.17, 15) is 10.2 Å². The third-order valence-corrected chi connectivity index (χ3v) is 6.86. The second kappa shape index (κ2) is 12.1. The van der Waals surface area contributed by atoms with E-state index in [4.69, 9.17) is 0 Å². The van der Waals surface area contributed by atoms with Crippen LogP contribution in [0.3, 0.4) is 0 Å². The van der Waals surface area contributed by atoms with Crippen LogP contribution >= 0.6 is 0 Å². The molecule has 0 aromatic heterocycles. The molecule has 0 saturated heterocycles. The summed E-state index contributed by atoms with van der Waals surface area (Å²) in [5.74, 6) is 0.573. The first-order chi connectivity index (χ1) is 15.9. The normalized spacial score (nSPS) is 12.4. The van der Waals surface area contributed by atoms with Crippen LogP contribution in [0.2, 0.25) is 0 Å². The van der Waals surface area contributed by atoms with E-state index < -0.39 is 0 Å². The Hall–Kier alpha value is -1.96. The van der Waals surface area contributed by atoms with E-state index in [0.717, 1.165) is 47.9 Å². The number of rotatable bonds is 11. The molecule has 2 aromatic rings. The van der Waals surface area contributed by atoms with Gasteiger partial charge in [-0.25, -0.2) is 0 Å². The third kappa shape index (κ3) is 7.52. The van der Waals surface area contributed by atoms with E-state index in [2.05, 4.69) is 67.5 Å². The topological polar surface area (TPSA) is 40.5 Å². The van der Waals surface area contributed by atoms with E-state index in [1.807, 2.05) is 12.1 Å². The van der Waals surface area contributed by atoms with Crippen LogP contribution in [0.25, 0.3) is 11.1 Å². The molecular weight excluding hydrogens is 416 g/mol. The van der Waals surface area contributed by atoms with Gasteiger partial charge in [-0.05, 0) is 70.9 Å². The summed E-state index contributed by atoms with van der Waals surface area (Å²) in [6.45, 7) is 17.6. The minimum Gasteiger partial charge on any atom is -0.507 e. The maximum Gasteiger partial charge on any atom is 0.124 e. The molecule has 2 N–H and O–H groups in total. The van der Waals surface area contributed by atoms with Gasteiger partial charge in [-0.3, -0.25) is 0 Å². The zero-order valence-electron chi connectivity index (χ0n) is 23.3. The first-order valence-corrected chi connectivity index (χ1v) is 13.6. The fourth-order valence-electron chi connectivity index (χ4n) is 4.88. The van der Waals surface area contributed by atoms with Crippen LogP contribution in [0.1, 0.15) is 129 Å². The lowest BCUT2D eigenvalue weighted by atomic mass is 9.75. The molecule has 0 aliphatic carbocycles. The third-order valence-electron chi connectivity index (χ3n) is 6.86. The molecule has 0 fully saturated rings. The molecule has 0 unspecified atom stereocenters. The van der Waals surface area contributed by atoms with Gasteiger partial charge in [-0.15, -0.1) is 0 Å². The summed E-state index contributed by atoms with van der Waals surface area (Å²) in [5.41, 5.74) is 5.86. The van der Waals surface area contributed by atoms with Gasteiger partial charge in [0.2, 0.25) is 0 Å². The van der Waals surface area contributed by atoms with Crippen LogP contribution in [0, 0.1) is 0 Å². The van der Waals surface area contributed by atoms with Gasteiger partial charge in [-0.2, -0.15) is 0 Å². The molecule has 2 nitrogen and oxygen atoms in total. The van der Waals surface area contributed by atoms with Gasteiger partial charge in [0, 0.05) is 11.1 Å². The maximum absolute atomic E-state index is 11.4. The molecule has 0 radical (unpaired) electrons. The number of phenols is 2. The van der Waals surface area contributed by atoms with Crippen LogP contribution in [0.5, 0.6) is 11.5 Å². The standard InChI is InChI=1S/C32H50O2/c1-9-11-13-15-17-23-19-25(31(3,4)5)29(27(33)21-23)30-26(32(6,7)8)20-24(22-28(30)34)18-16-14-12-10-2/h19-22,33-34H,9-18H2,1-8H3. The molecule has 0 atom stereocenters. The van der Waals surface area contributed by atoms with Crippen molar-refractivity contribution in [1.29, 1.82) is 0 Å². The number of aromatic hydroxyl groups is 2. The van der Waals surface area contributed by atoms with Gasteiger partial charge in [-0.1, -0.05) is 106 Å². The number of unbranched alkanes of at least 4 members (excludes halogenated alkanes) is 6. The fraction of sp³-hybridized carbons (Fsp3) is 0.625. The zero-order chi connectivity index (χ0) is 25.5. The van der Waals surface area contributed by atoms with Gasteiger partial charge in [0.15, 0.2) is 0 Å². The predicted octanol–water partition coefficient (Wildman–Crippen LogP) is 9.61. The van der Waals surface area contributed by atoms with Crippen molar-refractivity contribution in [3.63, 3.8) is 0 Å². The van der Waals surface area contributed by atoms with Crippen molar-refractivity contribution in [2.75, 3.05) is 0 Å². The van der Waals surface area contributed by atoms with Crippen LogP contribution < -0.4 is 0 Å². The first-order valence-electron chi connectivity index (χ1n) is 13.6. The van der Waals surface area contributed by atoms with Crippen molar-refractivity contribution in [2.45, 2.75) is 130 Å². The summed E-state index contributed by atoms with van der Waals surface area (Å²) in [6, 6.07) is 8.40. The predicted molar refractivity (Wildman–Crippen MR) is 148 cm³/mol. The molecule has 0 aliphatic rings. The monoisotopic (exact) mass is 466 g/mol. The summed E-state index contributed by atoms with van der Waals surface area (Å²) in [6.07, 6.45) is 11.6. The number of phenolic OH excluding ortho intramolecular Hbond substituents is 2. The van der Waals surface area contributed by atoms with Crippen molar-refractivity contribution in [3.05, 3.63) is 46.5 Å². The van der Waals surface area contributed by atoms with Gasteiger partial charge in [0.05, 0.1) is 0 Å².